The summed E-state index contributed by atoms with van der Waals surface area (Å²) < 4.78 is 29.3. The van der Waals surface area contributed by atoms with Crippen molar-refractivity contribution >= 4 is 10.0 Å². The Hall–Kier alpha value is -0.890. The molecule has 1 rings (SSSR count). The molecule has 3 N–H and O–H groups in total. The van der Waals surface area contributed by atoms with Gasteiger partial charge in [-0.1, -0.05) is 13.8 Å². The van der Waals surface area contributed by atoms with Crippen molar-refractivity contribution in [3.8, 4) is 0 Å². The van der Waals surface area contributed by atoms with E-state index in [1.165, 1.54) is 0 Å². The first kappa shape index (κ1) is 18.2. The zero-order valence-corrected chi connectivity index (χ0v) is 14.5. The van der Waals surface area contributed by atoms with Gasteiger partial charge in [0.15, 0.2) is 0 Å². The molecule has 1 aromatic heterocycles. The summed E-state index contributed by atoms with van der Waals surface area (Å²) in [6, 6.07) is 1.64. The average Bonchev–Trinajstić information content (AvgIpc) is 2.79. The van der Waals surface area contributed by atoms with E-state index in [0.29, 0.717) is 19.6 Å². The largest absolute Gasteiger partial charge is 0.349 e. The third kappa shape index (κ3) is 5.10. The van der Waals surface area contributed by atoms with Crippen LogP contribution in [0.4, 0.5) is 0 Å². The second kappa shape index (κ2) is 6.91. The number of hydrogen-bond acceptors (Lipinski definition) is 4. The number of sulfonamides is 1. The monoisotopic (exact) mass is 316 g/mol. The van der Waals surface area contributed by atoms with Crippen molar-refractivity contribution in [2.75, 3.05) is 27.2 Å². The third-order valence-corrected chi connectivity index (χ3v) is 4.67. The van der Waals surface area contributed by atoms with Crippen LogP contribution in [0.2, 0.25) is 0 Å². The van der Waals surface area contributed by atoms with Gasteiger partial charge in [-0.3, -0.25) is 0 Å². The van der Waals surface area contributed by atoms with E-state index in [0.717, 1.165) is 12.2 Å². The zero-order valence-electron chi connectivity index (χ0n) is 13.7. The van der Waals surface area contributed by atoms with Crippen LogP contribution in [0.25, 0.3) is 0 Å². The molecule has 21 heavy (non-hydrogen) atoms. The number of rotatable bonds is 8. The molecule has 1 heterocycles. The smallest absolute Gasteiger partial charge is 0.242 e. The summed E-state index contributed by atoms with van der Waals surface area (Å²) >= 11 is 0. The van der Waals surface area contributed by atoms with Gasteiger partial charge in [0.25, 0.3) is 0 Å². The number of aryl methyl sites for hydroxylation is 1. The van der Waals surface area contributed by atoms with Gasteiger partial charge in [-0.2, -0.15) is 0 Å². The molecule has 0 saturated heterocycles. The van der Waals surface area contributed by atoms with E-state index in [-0.39, 0.29) is 10.3 Å². The highest BCUT2D eigenvalue weighted by Gasteiger charge is 2.24. The maximum atomic E-state index is 12.4. The van der Waals surface area contributed by atoms with Crippen LogP contribution in [0, 0.1) is 5.41 Å². The van der Waals surface area contributed by atoms with E-state index in [1.807, 2.05) is 44.3 Å². The summed E-state index contributed by atoms with van der Waals surface area (Å²) in [5, 5.41) is 0. The molecule has 0 aliphatic rings. The van der Waals surface area contributed by atoms with Gasteiger partial charge in [-0.15, -0.1) is 0 Å². The van der Waals surface area contributed by atoms with E-state index in [4.69, 9.17) is 5.73 Å². The van der Waals surface area contributed by atoms with Crippen molar-refractivity contribution in [3.05, 3.63) is 18.0 Å². The van der Waals surface area contributed by atoms with Crippen LogP contribution in [-0.2, 0) is 23.1 Å². The first-order valence-corrected chi connectivity index (χ1v) is 8.63. The molecule has 0 saturated carbocycles. The van der Waals surface area contributed by atoms with Crippen molar-refractivity contribution in [2.45, 2.75) is 38.8 Å². The molecule has 0 amide bonds. The summed E-state index contributed by atoms with van der Waals surface area (Å²) in [6.45, 7) is 8.27. The Balaban J connectivity index is 2.85. The fourth-order valence-corrected chi connectivity index (χ4v) is 3.73. The Bertz CT molecular complexity index is 540. The van der Waals surface area contributed by atoms with Gasteiger partial charge in [0.1, 0.15) is 0 Å². The molecule has 0 aromatic carbocycles. The molecule has 0 bridgehead atoms. The Morgan fingerprint density at radius 2 is 2.00 bits per heavy atom. The maximum Gasteiger partial charge on any atom is 0.242 e. The van der Waals surface area contributed by atoms with Crippen molar-refractivity contribution in [1.29, 1.82) is 0 Å². The predicted octanol–water partition coefficient (Wildman–Crippen LogP) is 0.833. The van der Waals surface area contributed by atoms with Gasteiger partial charge in [0, 0.05) is 38.1 Å². The first-order chi connectivity index (χ1) is 9.61. The minimum Gasteiger partial charge on any atom is -0.349 e. The van der Waals surface area contributed by atoms with Crippen LogP contribution in [0.5, 0.6) is 0 Å². The van der Waals surface area contributed by atoms with Crippen molar-refractivity contribution in [2.24, 2.45) is 11.1 Å². The second-order valence-electron chi connectivity index (χ2n) is 6.38. The lowest BCUT2D eigenvalue weighted by Gasteiger charge is -2.28. The van der Waals surface area contributed by atoms with Gasteiger partial charge in [-0.05, 0) is 32.5 Å². The van der Waals surface area contributed by atoms with Gasteiger partial charge in [0.05, 0.1) is 4.90 Å². The number of hydrogen-bond donors (Lipinski definition) is 2. The van der Waals surface area contributed by atoms with Crippen molar-refractivity contribution < 1.29 is 8.42 Å². The molecular formula is C14H28N4O2S. The van der Waals surface area contributed by atoms with Crippen LogP contribution in [0.15, 0.2) is 17.2 Å². The molecule has 122 valence electrons. The summed E-state index contributed by atoms with van der Waals surface area (Å²) in [5.74, 6) is 0. The maximum absolute atomic E-state index is 12.4. The van der Waals surface area contributed by atoms with Gasteiger partial charge in [-0.25, -0.2) is 13.1 Å². The lowest BCUT2D eigenvalue weighted by molar-refractivity contribution is 0.242. The van der Waals surface area contributed by atoms with Gasteiger partial charge in [0.2, 0.25) is 10.0 Å². The van der Waals surface area contributed by atoms with Crippen LogP contribution in [0.3, 0.4) is 0 Å². The highest BCUT2D eigenvalue weighted by molar-refractivity contribution is 7.89. The molecular weight excluding hydrogens is 288 g/mol. The summed E-state index contributed by atoms with van der Waals surface area (Å²) in [5.41, 5.74) is 6.33. The van der Waals surface area contributed by atoms with E-state index in [1.54, 1.807) is 12.3 Å². The molecule has 0 unspecified atom stereocenters. The van der Waals surface area contributed by atoms with E-state index < -0.39 is 10.0 Å². The van der Waals surface area contributed by atoms with Crippen molar-refractivity contribution in [1.82, 2.24) is 14.2 Å². The second-order valence-corrected chi connectivity index (χ2v) is 8.15. The quantitative estimate of drug-likeness (QED) is 0.744. The molecule has 0 fully saturated rings. The SMILES string of the molecule is CCn1cc(S(=O)(=O)NCC(C)(C)CN(C)C)cc1CN. The summed E-state index contributed by atoms with van der Waals surface area (Å²) in [7, 11) is 0.459. The van der Waals surface area contributed by atoms with Gasteiger partial charge >= 0.3 is 0 Å². The molecule has 0 aliphatic carbocycles. The Labute approximate surface area is 128 Å². The van der Waals surface area contributed by atoms with Crippen LogP contribution in [0.1, 0.15) is 26.5 Å². The van der Waals surface area contributed by atoms with Crippen LogP contribution >= 0.6 is 0 Å². The predicted molar refractivity (Wildman–Crippen MR) is 85.5 cm³/mol. The van der Waals surface area contributed by atoms with Crippen LogP contribution in [-0.4, -0.2) is 45.1 Å². The molecule has 0 aliphatic heterocycles. The van der Waals surface area contributed by atoms with E-state index in [2.05, 4.69) is 4.72 Å². The minimum absolute atomic E-state index is 0.138. The number of nitrogens with zero attached hydrogens (tertiary/aromatic N) is 2. The molecule has 0 spiro atoms. The normalized spacial score (nSPS) is 13.1. The minimum atomic E-state index is -3.50. The van der Waals surface area contributed by atoms with Crippen LogP contribution < -0.4 is 10.5 Å². The zero-order chi connectivity index (χ0) is 16.3. The Morgan fingerprint density at radius 1 is 1.38 bits per heavy atom. The Morgan fingerprint density at radius 3 is 2.43 bits per heavy atom. The standard InChI is InChI=1S/C14H28N4O2S/c1-6-18-9-13(7-12(18)8-15)21(19,20)16-10-14(2,3)11-17(4)5/h7,9,16H,6,8,10-11,15H2,1-5H3. The lowest BCUT2D eigenvalue weighted by atomic mass is 9.93. The van der Waals surface area contributed by atoms with Gasteiger partial charge < -0.3 is 15.2 Å². The topological polar surface area (TPSA) is 80.4 Å². The molecule has 0 atom stereocenters. The Kier molecular flexibility index (Phi) is 5.98. The van der Waals surface area contributed by atoms with E-state index in [9.17, 15) is 8.42 Å². The highest BCUT2D eigenvalue weighted by Crippen LogP contribution is 2.18. The molecule has 6 nitrogen and oxygen atoms in total. The molecule has 0 radical (unpaired) electrons. The number of nitrogens with one attached hydrogen (secondary N) is 1. The first-order valence-electron chi connectivity index (χ1n) is 7.15. The fraction of sp³-hybridized carbons (Fsp3) is 0.714. The molecule has 7 heteroatoms. The number of nitrogens with two attached hydrogens (primary N) is 1. The third-order valence-electron chi connectivity index (χ3n) is 3.31. The fourth-order valence-electron chi connectivity index (χ4n) is 2.42. The number of aromatic nitrogens is 1. The highest BCUT2D eigenvalue weighted by atomic mass is 32.2. The molecule has 1 aromatic rings. The summed E-state index contributed by atoms with van der Waals surface area (Å²) in [4.78, 5) is 2.33. The van der Waals surface area contributed by atoms with E-state index >= 15 is 0 Å². The lowest BCUT2D eigenvalue weighted by Crippen LogP contribution is -2.39. The van der Waals surface area contributed by atoms with Crippen molar-refractivity contribution in [3.63, 3.8) is 0 Å². The average molecular weight is 316 g/mol. The summed E-state index contributed by atoms with van der Waals surface area (Å²) in [6.07, 6.45) is 1.64.